The van der Waals surface area contributed by atoms with Gasteiger partial charge in [0.1, 0.15) is 36.3 Å². The number of halogens is 1. The molecule has 2 aromatic rings. The number of ketones is 1. The fourth-order valence-electron chi connectivity index (χ4n) is 4.61. The predicted molar refractivity (Wildman–Crippen MR) is 129 cm³/mol. The Bertz CT molecular complexity index is 1160. The molecule has 8 heteroatoms. The second kappa shape index (κ2) is 11.0. The van der Waals surface area contributed by atoms with Gasteiger partial charge in [-0.2, -0.15) is 0 Å². The molecule has 4 rings (SSSR count). The molecule has 1 aliphatic heterocycles. The Morgan fingerprint density at radius 1 is 1.28 bits per heavy atom. The van der Waals surface area contributed by atoms with Crippen LogP contribution in [0.2, 0.25) is 0 Å². The maximum absolute atomic E-state index is 15.1. The van der Waals surface area contributed by atoms with Gasteiger partial charge in [-0.1, -0.05) is 49.9 Å². The number of methoxy groups -OCH3 is 1. The molecule has 2 aliphatic rings. The summed E-state index contributed by atoms with van der Waals surface area (Å²) in [5, 5.41) is 0. The molecule has 36 heavy (non-hydrogen) atoms. The zero-order valence-electron chi connectivity index (χ0n) is 20.3. The lowest BCUT2D eigenvalue weighted by Crippen LogP contribution is -2.47. The molecule has 0 spiro atoms. The third kappa shape index (κ3) is 5.14. The molecule has 0 amide bonds. The minimum Gasteiger partial charge on any atom is -0.493 e. The highest BCUT2D eigenvalue weighted by molar-refractivity contribution is 6.06. The van der Waals surface area contributed by atoms with Gasteiger partial charge in [0, 0.05) is 18.6 Å². The summed E-state index contributed by atoms with van der Waals surface area (Å²) in [6, 6.07) is 12.5. The molecule has 1 saturated heterocycles. The van der Waals surface area contributed by atoms with Crippen molar-refractivity contribution in [2.24, 2.45) is 11.8 Å². The Morgan fingerprint density at radius 3 is 2.78 bits per heavy atom. The molecular weight excluding hydrogens is 467 g/mol. The Hall–Kier alpha value is -3.65. The van der Waals surface area contributed by atoms with Crippen LogP contribution in [0, 0.1) is 17.7 Å². The van der Waals surface area contributed by atoms with E-state index in [9.17, 15) is 9.59 Å². The van der Waals surface area contributed by atoms with Crippen LogP contribution in [0.1, 0.15) is 24.5 Å². The first-order valence-electron chi connectivity index (χ1n) is 11.7. The van der Waals surface area contributed by atoms with Crippen LogP contribution in [0.15, 0.2) is 67.0 Å². The van der Waals surface area contributed by atoms with E-state index in [2.05, 4.69) is 6.58 Å². The number of carbonyl (C=O) groups is 2. The molecule has 7 nitrogen and oxygen atoms in total. The highest BCUT2D eigenvalue weighted by atomic mass is 19.1. The summed E-state index contributed by atoms with van der Waals surface area (Å²) < 4.78 is 43.1. The van der Waals surface area contributed by atoms with E-state index in [1.807, 2.05) is 37.3 Å². The van der Waals surface area contributed by atoms with E-state index in [1.165, 1.54) is 25.3 Å². The van der Waals surface area contributed by atoms with E-state index in [0.29, 0.717) is 23.7 Å². The topological polar surface area (TPSA) is 80.3 Å². The second-order valence-electron chi connectivity index (χ2n) is 8.86. The number of benzene rings is 2. The van der Waals surface area contributed by atoms with Gasteiger partial charge < -0.3 is 23.7 Å². The van der Waals surface area contributed by atoms with Crippen molar-refractivity contribution in [3.8, 4) is 11.5 Å². The summed E-state index contributed by atoms with van der Waals surface area (Å²) in [6.07, 6.45) is 3.01. The minimum atomic E-state index is -1.07. The molecule has 3 atom stereocenters. The fraction of sp³-hybridized carbons (Fsp3) is 0.357. The molecule has 1 fully saturated rings. The lowest BCUT2D eigenvalue weighted by atomic mass is 9.72. The lowest BCUT2D eigenvalue weighted by molar-refractivity contribution is -0.154. The van der Waals surface area contributed by atoms with Crippen LogP contribution in [0.25, 0.3) is 0 Å². The third-order valence-corrected chi connectivity index (χ3v) is 6.59. The van der Waals surface area contributed by atoms with Crippen LogP contribution in [-0.4, -0.2) is 37.9 Å². The lowest BCUT2D eigenvalue weighted by Gasteiger charge is -2.37. The minimum absolute atomic E-state index is 0.00190. The summed E-state index contributed by atoms with van der Waals surface area (Å²) in [5.74, 6) is -1.85. The van der Waals surface area contributed by atoms with Crippen molar-refractivity contribution in [2.75, 3.05) is 20.5 Å². The van der Waals surface area contributed by atoms with Gasteiger partial charge in [0.15, 0.2) is 24.1 Å². The first-order chi connectivity index (χ1) is 17.4. The Labute approximate surface area is 209 Å². The molecule has 0 bridgehead atoms. The molecule has 0 saturated carbocycles. The molecule has 1 aliphatic carbocycles. The largest absolute Gasteiger partial charge is 0.493 e. The maximum Gasteiger partial charge on any atom is 0.317 e. The number of carbonyl (C=O) groups excluding carboxylic acids is 2. The van der Waals surface area contributed by atoms with Crippen LogP contribution in [0.3, 0.4) is 0 Å². The monoisotopic (exact) mass is 496 g/mol. The number of hydrogen-bond donors (Lipinski definition) is 0. The predicted octanol–water partition coefficient (Wildman–Crippen LogP) is 4.54. The maximum atomic E-state index is 15.1. The SMILES string of the molecule is C=CCOC(=O)[C@@H]1C[C@]2([C@@H](C)Cc3cc(OCc4ccccc4)c(OC)cc3F)OCOC2=CC1=O. The summed E-state index contributed by atoms with van der Waals surface area (Å²) in [6.45, 7) is 5.63. The zero-order valence-corrected chi connectivity index (χ0v) is 20.3. The van der Waals surface area contributed by atoms with E-state index >= 15 is 4.39 Å². The second-order valence-corrected chi connectivity index (χ2v) is 8.86. The number of ether oxygens (including phenoxy) is 5. The van der Waals surface area contributed by atoms with Gasteiger partial charge in [0.25, 0.3) is 0 Å². The first-order valence-corrected chi connectivity index (χ1v) is 11.7. The smallest absolute Gasteiger partial charge is 0.317 e. The molecule has 0 aromatic heterocycles. The van der Waals surface area contributed by atoms with E-state index in [0.717, 1.165) is 5.56 Å². The Kier molecular flexibility index (Phi) is 7.74. The van der Waals surface area contributed by atoms with E-state index in [1.54, 1.807) is 6.07 Å². The highest BCUT2D eigenvalue weighted by Crippen LogP contribution is 2.46. The number of esters is 1. The molecule has 0 unspecified atom stereocenters. The van der Waals surface area contributed by atoms with Crippen molar-refractivity contribution in [1.82, 2.24) is 0 Å². The first kappa shape index (κ1) is 25.4. The summed E-state index contributed by atoms with van der Waals surface area (Å²) >= 11 is 0. The summed E-state index contributed by atoms with van der Waals surface area (Å²) in [7, 11) is 1.46. The van der Waals surface area contributed by atoms with Gasteiger partial charge in [0.05, 0.1) is 7.11 Å². The Morgan fingerprint density at radius 2 is 2.06 bits per heavy atom. The van der Waals surface area contributed by atoms with Crippen LogP contribution < -0.4 is 9.47 Å². The molecular formula is C28H29FO7. The van der Waals surface area contributed by atoms with Gasteiger partial charge in [-0.05, 0) is 29.5 Å². The van der Waals surface area contributed by atoms with Crippen LogP contribution in [-0.2, 0) is 36.8 Å². The Balaban J connectivity index is 1.57. The summed E-state index contributed by atoms with van der Waals surface area (Å²) in [4.78, 5) is 25.1. The highest BCUT2D eigenvalue weighted by Gasteiger charge is 2.54. The van der Waals surface area contributed by atoms with E-state index < -0.39 is 29.1 Å². The van der Waals surface area contributed by atoms with Crippen molar-refractivity contribution >= 4 is 11.8 Å². The quantitative estimate of drug-likeness (QED) is 0.271. The van der Waals surface area contributed by atoms with Crippen LogP contribution in [0.4, 0.5) is 4.39 Å². The van der Waals surface area contributed by atoms with Gasteiger partial charge in [-0.3, -0.25) is 9.59 Å². The van der Waals surface area contributed by atoms with Crippen molar-refractivity contribution in [3.63, 3.8) is 0 Å². The molecule has 0 radical (unpaired) electrons. The van der Waals surface area contributed by atoms with Gasteiger partial charge >= 0.3 is 5.97 Å². The van der Waals surface area contributed by atoms with Gasteiger partial charge in [-0.15, -0.1) is 0 Å². The normalized spacial score (nSPS) is 21.6. The van der Waals surface area contributed by atoms with E-state index in [-0.39, 0.29) is 37.9 Å². The average molecular weight is 497 g/mol. The van der Waals surface area contributed by atoms with Crippen molar-refractivity contribution in [1.29, 1.82) is 0 Å². The van der Waals surface area contributed by atoms with Crippen molar-refractivity contribution < 1.29 is 37.7 Å². The number of allylic oxidation sites excluding steroid dienone is 1. The van der Waals surface area contributed by atoms with Crippen molar-refractivity contribution in [2.45, 2.75) is 32.0 Å². The molecule has 1 heterocycles. The van der Waals surface area contributed by atoms with E-state index in [4.69, 9.17) is 23.7 Å². The fourth-order valence-corrected chi connectivity index (χ4v) is 4.61. The number of fused-ring (bicyclic) bond motifs is 1. The summed E-state index contributed by atoms with van der Waals surface area (Å²) in [5.41, 5.74) is 0.284. The van der Waals surface area contributed by atoms with Crippen LogP contribution >= 0.6 is 0 Å². The van der Waals surface area contributed by atoms with Gasteiger partial charge in [0.2, 0.25) is 0 Å². The third-order valence-electron chi connectivity index (χ3n) is 6.59. The molecule has 2 aromatic carbocycles. The zero-order chi connectivity index (χ0) is 25.7. The number of hydrogen-bond acceptors (Lipinski definition) is 7. The van der Waals surface area contributed by atoms with Crippen LogP contribution in [0.5, 0.6) is 11.5 Å². The van der Waals surface area contributed by atoms with Gasteiger partial charge in [-0.25, -0.2) is 4.39 Å². The number of rotatable bonds is 10. The molecule has 0 N–H and O–H groups in total. The van der Waals surface area contributed by atoms with Crippen molar-refractivity contribution in [3.05, 3.63) is 83.9 Å². The average Bonchev–Trinajstić information content (AvgIpc) is 3.31. The molecule has 190 valence electrons. The standard InChI is InChI=1S/C28H29FO7/c1-4-10-33-27(31)21-15-28(26(14-23(21)30)35-17-36-28)18(2)11-20-12-25(24(32-3)13-22(20)29)34-16-19-8-6-5-7-9-19/h4-9,12-14,18,21H,1,10-11,15-17H2,2-3H3/t18-,21+,28+/m0/s1.